The van der Waals surface area contributed by atoms with Crippen LogP contribution >= 0.6 is 82.3 Å². The van der Waals surface area contributed by atoms with Gasteiger partial charge in [-0.25, -0.2) is 0 Å². The Labute approximate surface area is 260 Å². The average Bonchev–Trinajstić information content (AvgIpc) is 2.87. The molecule has 0 aromatic rings. The molecule has 0 aromatic heterocycles. The SMILES string of the molecule is C.CCCSCC(CSCCC)SCCC.CCCSCC(SCCC)C(CSCCC)SCCC. The molecular weight excluding hydrogens is 573 g/mol. The van der Waals surface area contributed by atoms with E-state index in [1.165, 1.54) is 108 Å². The third-order valence-electron chi connectivity index (χ3n) is 4.61. The highest BCUT2D eigenvalue weighted by Gasteiger charge is 2.22. The second kappa shape index (κ2) is 37.5. The van der Waals surface area contributed by atoms with Gasteiger partial charge in [0, 0.05) is 38.8 Å². The zero-order valence-corrected chi connectivity index (χ0v) is 30.0. The van der Waals surface area contributed by atoms with Crippen molar-refractivity contribution in [1.29, 1.82) is 0 Å². The van der Waals surface area contributed by atoms with E-state index in [9.17, 15) is 0 Å². The molecule has 0 heterocycles. The average molecular weight is 637 g/mol. The fourth-order valence-electron chi connectivity index (χ4n) is 2.90. The Kier molecular flexibility index (Phi) is 44.6. The number of hydrogen-bond acceptors (Lipinski definition) is 7. The van der Waals surface area contributed by atoms with Gasteiger partial charge >= 0.3 is 0 Å². The first-order valence-corrected chi connectivity index (χ1v) is 22.1. The molecule has 2 unspecified atom stereocenters. The van der Waals surface area contributed by atoms with E-state index in [2.05, 4.69) is 131 Å². The maximum absolute atomic E-state index is 2.31. The summed E-state index contributed by atoms with van der Waals surface area (Å²) in [6, 6.07) is 0. The predicted molar refractivity (Wildman–Crippen MR) is 197 cm³/mol. The van der Waals surface area contributed by atoms with Gasteiger partial charge in [-0.05, 0) is 85.2 Å². The van der Waals surface area contributed by atoms with Gasteiger partial charge in [-0.2, -0.15) is 82.3 Å². The van der Waals surface area contributed by atoms with Crippen LogP contribution in [0.2, 0.25) is 0 Å². The minimum atomic E-state index is 0. The molecule has 7 heteroatoms. The fourth-order valence-corrected chi connectivity index (χ4v) is 12.2. The molecule has 0 bridgehead atoms. The van der Waals surface area contributed by atoms with E-state index in [4.69, 9.17) is 0 Å². The lowest BCUT2D eigenvalue weighted by Gasteiger charge is -2.26. The molecule has 36 heavy (non-hydrogen) atoms. The third kappa shape index (κ3) is 31.0. The first kappa shape index (κ1) is 42.9. The number of rotatable bonds is 26. The summed E-state index contributed by atoms with van der Waals surface area (Å²) < 4.78 is 0. The van der Waals surface area contributed by atoms with Crippen LogP contribution in [-0.2, 0) is 0 Å². The summed E-state index contributed by atoms with van der Waals surface area (Å²) in [5.41, 5.74) is 0. The zero-order valence-electron chi connectivity index (χ0n) is 24.3. The Morgan fingerprint density at radius 3 is 0.944 bits per heavy atom. The quantitative estimate of drug-likeness (QED) is 0.0855. The summed E-state index contributed by atoms with van der Waals surface area (Å²) in [5, 5.41) is 2.60. The Morgan fingerprint density at radius 2 is 0.639 bits per heavy atom. The molecule has 2 atom stereocenters. The fraction of sp³-hybridized carbons (Fsp3) is 1.00. The summed E-state index contributed by atoms with van der Waals surface area (Å²) >= 11 is 15.3. The van der Waals surface area contributed by atoms with Crippen LogP contribution in [0.5, 0.6) is 0 Å². The summed E-state index contributed by atoms with van der Waals surface area (Å²) in [4.78, 5) is 0. The van der Waals surface area contributed by atoms with E-state index in [1.54, 1.807) is 0 Å². The van der Waals surface area contributed by atoms with Crippen LogP contribution in [0, 0.1) is 0 Å². The summed E-state index contributed by atoms with van der Waals surface area (Å²) in [7, 11) is 0. The van der Waals surface area contributed by atoms with Crippen LogP contribution < -0.4 is 0 Å². The van der Waals surface area contributed by atoms with Gasteiger partial charge in [-0.3, -0.25) is 0 Å². The molecule has 0 aliphatic rings. The maximum Gasteiger partial charge on any atom is 0.0265 e. The molecule has 0 radical (unpaired) electrons. The number of hydrogen-bond donors (Lipinski definition) is 0. The van der Waals surface area contributed by atoms with Gasteiger partial charge in [0.15, 0.2) is 0 Å². The zero-order chi connectivity index (χ0) is 26.4. The van der Waals surface area contributed by atoms with Crippen molar-refractivity contribution < 1.29 is 0 Å². The van der Waals surface area contributed by atoms with E-state index >= 15 is 0 Å². The summed E-state index contributed by atoms with van der Waals surface area (Å²) in [6.07, 6.45) is 9.20. The van der Waals surface area contributed by atoms with Crippen LogP contribution in [0.1, 0.15) is 101 Å². The van der Waals surface area contributed by atoms with Gasteiger partial charge < -0.3 is 0 Å². The third-order valence-corrected chi connectivity index (χ3v) is 15.5. The first-order chi connectivity index (χ1) is 17.1. The normalized spacial score (nSPS) is 12.7. The Morgan fingerprint density at radius 1 is 0.361 bits per heavy atom. The molecule has 222 valence electrons. The van der Waals surface area contributed by atoms with Crippen LogP contribution in [0.3, 0.4) is 0 Å². The van der Waals surface area contributed by atoms with Crippen LogP contribution in [-0.4, -0.2) is 79.0 Å². The lowest BCUT2D eigenvalue weighted by molar-refractivity contribution is 0.932. The van der Waals surface area contributed by atoms with Gasteiger partial charge in [0.25, 0.3) is 0 Å². The van der Waals surface area contributed by atoms with E-state index in [1.807, 2.05) is 0 Å². The van der Waals surface area contributed by atoms with Crippen LogP contribution in [0.25, 0.3) is 0 Å². The summed E-state index contributed by atoms with van der Waals surface area (Å²) in [5.74, 6) is 14.8. The van der Waals surface area contributed by atoms with E-state index in [-0.39, 0.29) is 7.43 Å². The van der Waals surface area contributed by atoms with Gasteiger partial charge in [0.05, 0.1) is 0 Å². The van der Waals surface area contributed by atoms with Crippen LogP contribution in [0.15, 0.2) is 0 Å². The van der Waals surface area contributed by atoms with Crippen molar-refractivity contribution in [3.8, 4) is 0 Å². The monoisotopic (exact) mass is 636 g/mol. The topological polar surface area (TPSA) is 0 Å². The Bertz CT molecular complexity index is 342. The molecule has 0 aliphatic carbocycles. The molecule has 0 nitrogen and oxygen atoms in total. The number of thioether (sulfide) groups is 7. The molecule has 0 rings (SSSR count). The highest BCUT2D eigenvalue weighted by atomic mass is 32.2. The summed E-state index contributed by atoms with van der Waals surface area (Å²) in [6.45, 7) is 16.0. The minimum absolute atomic E-state index is 0. The van der Waals surface area contributed by atoms with Gasteiger partial charge in [-0.1, -0.05) is 55.9 Å². The maximum atomic E-state index is 2.31. The molecule has 0 amide bonds. The molecule has 0 spiro atoms. The lowest BCUT2D eigenvalue weighted by atomic mass is 10.3. The van der Waals surface area contributed by atoms with Crippen molar-refractivity contribution in [2.24, 2.45) is 0 Å². The Hall–Kier alpha value is 2.45. The van der Waals surface area contributed by atoms with E-state index in [0.29, 0.717) is 0 Å². The molecule has 0 N–H and O–H groups in total. The molecule has 0 aromatic carbocycles. The lowest BCUT2D eigenvalue weighted by Crippen LogP contribution is -2.26. The Balaban J connectivity index is -0.000000612. The molecule has 0 saturated heterocycles. The van der Waals surface area contributed by atoms with E-state index < -0.39 is 0 Å². The van der Waals surface area contributed by atoms with Crippen molar-refractivity contribution in [1.82, 2.24) is 0 Å². The highest BCUT2D eigenvalue weighted by molar-refractivity contribution is 8.07. The standard InChI is InChI=1S/C16H34S4.C12H26S3.CH4/c1-5-9-17-13-15(19-11-7-3)16(20-12-8-4)14-18-10-6-2;1-4-7-13-10-12(15-9-6-3)11-14-8-5-2;/h15-16H,5-14H2,1-4H3;12H,4-11H2,1-3H3;1H4. The van der Waals surface area contributed by atoms with Crippen molar-refractivity contribution in [2.45, 2.75) is 117 Å². The second-order valence-electron chi connectivity index (χ2n) is 8.61. The smallest absolute Gasteiger partial charge is 0.0265 e. The van der Waals surface area contributed by atoms with Crippen molar-refractivity contribution in [3.63, 3.8) is 0 Å². The predicted octanol–water partition coefficient (Wildman–Crippen LogP) is 11.7. The molecule has 0 saturated carbocycles. The molecule has 0 fully saturated rings. The van der Waals surface area contributed by atoms with Crippen molar-refractivity contribution >= 4 is 82.3 Å². The minimum Gasteiger partial charge on any atom is -0.161 e. The molecule has 0 aliphatic heterocycles. The largest absolute Gasteiger partial charge is 0.161 e. The van der Waals surface area contributed by atoms with Gasteiger partial charge in [0.2, 0.25) is 0 Å². The van der Waals surface area contributed by atoms with E-state index in [0.717, 1.165) is 15.7 Å². The second-order valence-corrected chi connectivity index (χ2v) is 17.3. The molecular formula is C29H64S7. The van der Waals surface area contributed by atoms with Gasteiger partial charge in [0.1, 0.15) is 0 Å². The van der Waals surface area contributed by atoms with Gasteiger partial charge in [-0.15, -0.1) is 0 Å². The van der Waals surface area contributed by atoms with Crippen molar-refractivity contribution in [3.05, 3.63) is 0 Å². The highest BCUT2D eigenvalue weighted by Crippen LogP contribution is 2.31. The van der Waals surface area contributed by atoms with Crippen LogP contribution in [0.4, 0.5) is 0 Å². The van der Waals surface area contributed by atoms with Crippen molar-refractivity contribution in [2.75, 3.05) is 63.3 Å². The first-order valence-electron chi connectivity index (χ1n) is 14.3.